The van der Waals surface area contributed by atoms with E-state index in [0.717, 1.165) is 35.4 Å². The maximum absolute atomic E-state index is 13.0. The molecule has 7 nitrogen and oxygen atoms in total. The number of carbonyl (C=O) groups excluding carboxylic acids is 3. The Bertz CT molecular complexity index is 807. The van der Waals surface area contributed by atoms with Gasteiger partial charge in [-0.2, -0.15) is 5.10 Å². The third-order valence-electron chi connectivity index (χ3n) is 5.99. The Hall–Kier alpha value is -2.70. The molecule has 2 fully saturated rings. The summed E-state index contributed by atoms with van der Waals surface area (Å²) < 4.78 is 0. The van der Waals surface area contributed by atoms with Gasteiger partial charge in [0.1, 0.15) is 12.1 Å². The lowest BCUT2D eigenvalue weighted by Gasteiger charge is -2.36. The highest BCUT2D eigenvalue weighted by Gasteiger charge is 2.55. The Labute approximate surface area is 158 Å². The van der Waals surface area contributed by atoms with Crippen molar-refractivity contribution >= 4 is 23.6 Å². The van der Waals surface area contributed by atoms with Crippen LogP contribution >= 0.6 is 0 Å². The number of hydrogen-bond donors (Lipinski definition) is 1. The van der Waals surface area contributed by atoms with Crippen molar-refractivity contribution in [2.24, 2.45) is 11.0 Å². The molecule has 1 saturated heterocycles. The molecule has 3 aliphatic rings. The van der Waals surface area contributed by atoms with E-state index in [-0.39, 0.29) is 24.3 Å². The molecule has 1 spiro atoms. The quantitative estimate of drug-likeness (QED) is 0.830. The van der Waals surface area contributed by atoms with Gasteiger partial charge in [-0.1, -0.05) is 50.1 Å². The summed E-state index contributed by atoms with van der Waals surface area (Å²) >= 11 is 0. The van der Waals surface area contributed by atoms with E-state index in [1.54, 1.807) is 0 Å². The molecule has 4 amide bonds. The van der Waals surface area contributed by atoms with Crippen molar-refractivity contribution in [1.29, 1.82) is 0 Å². The second kappa shape index (κ2) is 6.79. The molecular weight excluding hydrogens is 344 g/mol. The maximum Gasteiger partial charge on any atom is 0.325 e. The number of imide groups is 1. The van der Waals surface area contributed by atoms with Gasteiger partial charge in [0.25, 0.3) is 11.8 Å². The Morgan fingerprint density at radius 2 is 2.04 bits per heavy atom. The van der Waals surface area contributed by atoms with Crippen molar-refractivity contribution in [3.8, 4) is 0 Å². The predicted molar refractivity (Wildman–Crippen MR) is 99.9 cm³/mol. The molecule has 2 aliphatic heterocycles. The lowest BCUT2D eigenvalue weighted by atomic mass is 9.73. The van der Waals surface area contributed by atoms with Gasteiger partial charge in [0.15, 0.2) is 0 Å². The fourth-order valence-corrected chi connectivity index (χ4v) is 4.33. The van der Waals surface area contributed by atoms with Crippen molar-refractivity contribution in [1.82, 2.24) is 15.2 Å². The summed E-state index contributed by atoms with van der Waals surface area (Å²) in [6.45, 7) is 2.21. The molecule has 1 saturated carbocycles. The Morgan fingerprint density at radius 3 is 2.78 bits per heavy atom. The van der Waals surface area contributed by atoms with Crippen LogP contribution in [0.4, 0.5) is 4.79 Å². The van der Waals surface area contributed by atoms with Gasteiger partial charge in [-0.25, -0.2) is 9.80 Å². The van der Waals surface area contributed by atoms with E-state index in [2.05, 4.69) is 10.4 Å². The minimum atomic E-state index is -0.834. The number of rotatable bonds is 3. The van der Waals surface area contributed by atoms with Gasteiger partial charge in [-0.15, -0.1) is 0 Å². The van der Waals surface area contributed by atoms with Crippen LogP contribution in [-0.4, -0.2) is 52.1 Å². The van der Waals surface area contributed by atoms with Gasteiger partial charge in [0.05, 0.1) is 12.3 Å². The maximum atomic E-state index is 13.0. The number of benzene rings is 1. The van der Waals surface area contributed by atoms with Crippen molar-refractivity contribution < 1.29 is 14.4 Å². The smallest absolute Gasteiger partial charge is 0.323 e. The number of carbonyl (C=O) groups is 3. The number of nitrogens with one attached hydrogen (secondary N) is 1. The normalized spacial score (nSPS) is 27.9. The molecule has 0 radical (unpaired) electrons. The van der Waals surface area contributed by atoms with E-state index in [9.17, 15) is 14.4 Å². The number of hydrazone groups is 1. The van der Waals surface area contributed by atoms with Crippen LogP contribution in [0.15, 0.2) is 35.4 Å². The Morgan fingerprint density at radius 1 is 1.26 bits per heavy atom. The van der Waals surface area contributed by atoms with Gasteiger partial charge in [0.2, 0.25) is 0 Å². The first-order valence-corrected chi connectivity index (χ1v) is 9.58. The van der Waals surface area contributed by atoms with Crippen LogP contribution in [0.5, 0.6) is 0 Å². The van der Waals surface area contributed by atoms with E-state index >= 15 is 0 Å². The van der Waals surface area contributed by atoms with Gasteiger partial charge in [-0.3, -0.25) is 14.5 Å². The third-order valence-corrected chi connectivity index (χ3v) is 5.99. The molecule has 4 rings (SSSR count). The van der Waals surface area contributed by atoms with Gasteiger partial charge < -0.3 is 5.32 Å². The van der Waals surface area contributed by atoms with Crippen LogP contribution in [0, 0.1) is 5.92 Å². The van der Waals surface area contributed by atoms with E-state index in [4.69, 9.17) is 0 Å². The molecule has 1 aliphatic carbocycles. The van der Waals surface area contributed by atoms with E-state index < -0.39 is 11.6 Å². The Balaban J connectivity index is 1.46. The molecule has 0 bridgehead atoms. The van der Waals surface area contributed by atoms with E-state index in [1.165, 1.54) is 5.01 Å². The number of hydrogen-bond acceptors (Lipinski definition) is 4. The number of amides is 4. The van der Waals surface area contributed by atoms with Crippen molar-refractivity contribution in [2.45, 2.75) is 44.6 Å². The summed E-state index contributed by atoms with van der Waals surface area (Å²) in [5.41, 5.74) is 0.996. The second-order valence-corrected chi connectivity index (χ2v) is 7.62. The lowest BCUT2D eigenvalue weighted by molar-refractivity contribution is -0.140. The van der Waals surface area contributed by atoms with Crippen molar-refractivity contribution in [3.63, 3.8) is 0 Å². The zero-order valence-electron chi connectivity index (χ0n) is 15.5. The van der Waals surface area contributed by atoms with Crippen LogP contribution < -0.4 is 5.32 Å². The second-order valence-electron chi connectivity index (χ2n) is 7.62. The summed E-state index contributed by atoms with van der Waals surface area (Å²) in [5, 5.41) is 8.65. The van der Waals surface area contributed by atoms with Crippen LogP contribution in [0.25, 0.3) is 0 Å². The Kier molecular flexibility index (Phi) is 4.45. The standard InChI is InChI=1S/C20H24N4O3/c1-14-7-5-6-11-20(14)18(26)23(19(27)21-20)13-17(25)24-12-10-16(22-24)15-8-3-2-4-9-15/h2-4,8-9,14H,5-7,10-13H2,1H3,(H,21,27)/t14-,20+/m0/s1. The largest absolute Gasteiger partial charge is 0.325 e. The zero-order valence-corrected chi connectivity index (χ0v) is 15.5. The fourth-order valence-electron chi connectivity index (χ4n) is 4.33. The first-order valence-electron chi connectivity index (χ1n) is 9.58. The highest BCUT2D eigenvalue weighted by atomic mass is 16.2. The average molecular weight is 368 g/mol. The monoisotopic (exact) mass is 368 g/mol. The van der Waals surface area contributed by atoms with Gasteiger partial charge in [-0.05, 0) is 24.3 Å². The van der Waals surface area contributed by atoms with E-state index in [1.807, 2.05) is 37.3 Å². The van der Waals surface area contributed by atoms with Crippen molar-refractivity contribution in [2.75, 3.05) is 13.1 Å². The topological polar surface area (TPSA) is 82.1 Å². The number of nitrogens with zero attached hydrogens (tertiary/aromatic N) is 3. The first kappa shape index (κ1) is 17.7. The third kappa shape index (κ3) is 3.01. The molecule has 0 unspecified atom stereocenters. The summed E-state index contributed by atoms with van der Waals surface area (Å²) in [5.74, 6) is -0.512. The van der Waals surface area contributed by atoms with Crippen LogP contribution in [0.2, 0.25) is 0 Å². The van der Waals surface area contributed by atoms with Crippen molar-refractivity contribution in [3.05, 3.63) is 35.9 Å². The molecule has 1 N–H and O–H groups in total. The molecule has 1 aromatic carbocycles. The highest BCUT2D eigenvalue weighted by Crippen LogP contribution is 2.38. The van der Waals surface area contributed by atoms with Crippen LogP contribution in [0.3, 0.4) is 0 Å². The summed E-state index contributed by atoms with van der Waals surface area (Å²) in [6.07, 6.45) is 4.19. The SMILES string of the molecule is C[C@H]1CCCC[C@@]12NC(=O)N(CC(=O)N1CCC(c3ccccc3)=N1)C2=O. The minimum absolute atomic E-state index is 0.0808. The molecule has 27 heavy (non-hydrogen) atoms. The highest BCUT2D eigenvalue weighted by molar-refractivity contribution is 6.09. The summed E-state index contributed by atoms with van der Waals surface area (Å²) in [7, 11) is 0. The van der Waals surface area contributed by atoms with Crippen LogP contribution in [-0.2, 0) is 9.59 Å². The molecule has 2 heterocycles. The predicted octanol–water partition coefficient (Wildman–Crippen LogP) is 2.12. The van der Waals surface area contributed by atoms with E-state index in [0.29, 0.717) is 19.4 Å². The summed E-state index contributed by atoms with van der Waals surface area (Å²) in [4.78, 5) is 39.1. The first-order chi connectivity index (χ1) is 13.0. The zero-order chi connectivity index (χ0) is 19.0. The molecule has 7 heteroatoms. The molecule has 142 valence electrons. The molecule has 0 aromatic heterocycles. The number of urea groups is 1. The average Bonchev–Trinajstić information content (AvgIpc) is 3.25. The van der Waals surface area contributed by atoms with Gasteiger partial charge >= 0.3 is 6.03 Å². The molecule has 2 atom stereocenters. The summed E-state index contributed by atoms with van der Waals surface area (Å²) in [6, 6.07) is 9.24. The van der Waals surface area contributed by atoms with Gasteiger partial charge in [0, 0.05) is 6.42 Å². The molecular formula is C20H24N4O3. The lowest BCUT2D eigenvalue weighted by Crippen LogP contribution is -2.54. The minimum Gasteiger partial charge on any atom is -0.323 e. The molecule has 1 aromatic rings. The van der Waals surface area contributed by atoms with Crippen LogP contribution in [0.1, 0.15) is 44.6 Å². The fraction of sp³-hybridized carbons (Fsp3) is 0.500.